The summed E-state index contributed by atoms with van der Waals surface area (Å²) in [5, 5.41) is 3.03. The van der Waals surface area contributed by atoms with Gasteiger partial charge in [0.1, 0.15) is 11.5 Å². The van der Waals surface area contributed by atoms with Crippen LogP contribution in [0.1, 0.15) is 46.0 Å². The van der Waals surface area contributed by atoms with E-state index in [-0.39, 0.29) is 28.0 Å². The number of carbonyl (C=O) groups is 1. The minimum Gasteiger partial charge on any atom is -0.464 e. The van der Waals surface area contributed by atoms with Crippen LogP contribution in [0.4, 0.5) is 18.9 Å². The van der Waals surface area contributed by atoms with Crippen molar-refractivity contribution in [1.29, 1.82) is 0 Å². The van der Waals surface area contributed by atoms with Crippen LogP contribution in [0.15, 0.2) is 29.2 Å². The third-order valence-corrected chi connectivity index (χ3v) is 4.64. The van der Waals surface area contributed by atoms with Crippen LogP contribution in [-0.2, 0) is 10.9 Å². The van der Waals surface area contributed by atoms with Crippen LogP contribution in [0.3, 0.4) is 0 Å². The summed E-state index contributed by atoms with van der Waals surface area (Å²) in [6, 6.07) is 2.74. The first kappa shape index (κ1) is 21.3. The zero-order valence-corrected chi connectivity index (χ0v) is 16.6. The predicted molar refractivity (Wildman–Crippen MR) is 104 cm³/mol. The van der Waals surface area contributed by atoms with Crippen LogP contribution >= 0.6 is 0 Å². The number of fused-ring (bicyclic) bond motifs is 1. The number of aryl methyl sites for hydroxylation is 2. The zero-order chi connectivity index (χ0) is 22.2. The van der Waals surface area contributed by atoms with Crippen LogP contribution in [0.2, 0.25) is 0 Å². The highest BCUT2D eigenvalue weighted by Gasteiger charge is 2.35. The van der Waals surface area contributed by atoms with E-state index in [1.54, 1.807) is 13.8 Å². The second-order valence-corrected chi connectivity index (χ2v) is 6.85. The third kappa shape index (κ3) is 4.12. The molecule has 0 spiro atoms. The van der Waals surface area contributed by atoms with Gasteiger partial charge in [-0.2, -0.15) is 13.2 Å². The van der Waals surface area contributed by atoms with E-state index in [1.807, 2.05) is 0 Å². The van der Waals surface area contributed by atoms with Gasteiger partial charge in [-0.15, -0.1) is 0 Å². The fraction of sp³-hybridized carbons (Fsp3) is 0.300. The van der Waals surface area contributed by atoms with Crippen molar-refractivity contribution in [2.45, 2.75) is 33.0 Å². The van der Waals surface area contributed by atoms with Gasteiger partial charge >= 0.3 is 12.1 Å². The highest BCUT2D eigenvalue weighted by atomic mass is 19.4. The van der Waals surface area contributed by atoms with Gasteiger partial charge in [0, 0.05) is 6.04 Å². The van der Waals surface area contributed by atoms with Crippen molar-refractivity contribution in [2.24, 2.45) is 0 Å². The number of benzene rings is 1. The molecule has 2 aromatic heterocycles. The van der Waals surface area contributed by atoms with Crippen molar-refractivity contribution in [3.8, 4) is 0 Å². The molecule has 7 nitrogen and oxygen atoms in total. The maximum absolute atomic E-state index is 13.7. The molecule has 0 bridgehead atoms. The summed E-state index contributed by atoms with van der Waals surface area (Å²) in [6.07, 6.45) is -3.29. The molecule has 10 heteroatoms. The molecule has 2 N–H and O–H groups in total. The Labute approximate surface area is 169 Å². The number of carbonyl (C=O) groups excluding carboxylic acids is 1. The minimum absolute atomic E-state index is 0.0280. The molecule has 0 radical (unpaired) electrons. The fourth-order valence-corrected chi connectivity index (χ4v) is 3.16. The Morgan fingerprint density at radius 3 is 2.53 bits per heavy atom. The quantitative estimate of drug-likeness (QED) is 0.621. The molecule has 1 unspecified atom stereocenters. The maximum Gasteiger partial charge on any atom is 0.416 e. The molecule has 0 aliphatic heterocycles. The normalized spacial score (nSPS) is 12.6. The number of H-pyrrole nitrogens is 1. The summed E-state index contributed by atoms with van der Waals surface area (Å²) >= 11 is 0. The number of rotatable bonds is 4. The summed E-state index contributed by atoms with van der Waals surface area (Å²) < 4.78 is 45.8. The van der Waals surface area contributed by atoms with E-state index in [1.165, 1.54) is 32.4 Å². The van der Waals surface area contributed by atoms with E-state index in [9.17, 15) is 22.8 Å². The molecule has 0 fully saturated rings. The van der Waals surface area contributed by atoms with Gasteiger partial charge in [-0.05, 0) is 50.1 Å². The molecule has 30 heavy (non-hydrogen) atoms. The van der Waals surface area contributed by atoms with Gasteiger partial charge in [0.25, 0.3) is 5.56 Å². The number of hydrogen-bond acceptors (Lipinski definition) is 6. The Kier molecular flexibility index (Phi) is 5.51. The number of nitrogens with one attached hydrogen (secondary N) is 2. The molecule has 3 aromatic rings. The number of esters is 1. The molecule has 158 valence electrons. The lowest BCUT2D eigenvalue weighted by Gasteiger charge is -2.22. The first-order valence-corrected chi connectivity index (χ1v) is 8.94. The number of anilines is 1. The summed E-state index contributed by atoms with van der Waals surface area (Å²) in [7, 11) is 1.23. The maximum atomic E-state index is 13.7. The molecule has 0 saturated heterocycles. The number of methoxy groups -OCH3 is 1. The molecular weight excluding hydrogens is 401 g/mol. The van der Waals surface area contributed by atoms with E-state index < -0.39 is 29.3 Å². The van der Waals surface area contributed by atoms with Gasteiger partial charge < -0.3 is 15.0 Å². The summed E-state index contributed by atoms with van der Waals surface area (Å²) in [4.78, 5) is 34.3. The Balaban J connectivity index is 2.07. The first-order valence-electron chi connectivity index (χ1n) is 8.94. The minimum atomic E-state index is -4.64. The molecule has 2 heterocycles. The lowest BCUT2D eigenvalue weighted by molar-refractivity contribution is -0.138. The van der Waals surface area contributed by atoms with Crippen LogP contribution < -0.4 is 10.9 Å². The van der Waals surface area contributed by atoms with E-state index >= 15 is 0 Å². The molecule has 3 rings (SSSR count). The van der Waals surface area contributed by atoms with E-state index in [0.717, 1.165) is 6.07 Å². The number of halogens is 3. The molecule has 0 aliphatic carbocycles. The van der Waals surface area contributed by atoms with Gasteiger partial charge in [-0.3, -0.25) is 4.79 Å². The van der Waals surface area contributed by atoms with Crippen molar-refractivity contribution in [1.82, 2.24) is 15.0 Å². The Bertz CT molecular complexity index is 1190. The second-order valence-electron chi connectivity index (χ2n) is 6.85. The molecule has 1 atom stereocenters. The molecule has 0 amide bonds. The number of hydrogen-bond donors (Lipinski definition) is 2. The van der Waals surface area contributed by atoms with E-state index in [2.05, 4.69) is 25.0 Å². The number of aromatic nitrogens is 3. The number of nitrogens with zero attached hydrogens (tertiary/aromatic N) is 2. The highest BCUT2D eigenvalue weighted by Crippen LogP contribution is 2.37. The number of pyridine rings is 1. The highest BCUT2D eigenvalue weighted by molar-refractivity contribution is 5.87. The van der Waals surface area contributed by atoms with Crippen molar-refractivity contribution < 1.29 is 22.7 Å². The summed E-state index contributed by atoms with van der Waals surface area (Å²) in [6.45, 7) is 4.73. The Morgan fingerprint density at radius 1 is 1.23 bits per heavy atom. The van der Waals surface area contributed by atoms with Crippen LogP contribution in [-0.4, -0.2) is 28.0 Å². The number of alkyl halides is 3. The van der Waals surface area contributed by atoms with Crippen LogP contribution in [0.5, 0.6) is 0 Å². The largest absolute Gasteiger partial charge is 0.464 e. The Morgan fingerprint density at radius 2 is 1.93 bits per heavy atom. The third-order valence-electron chi connectivity index (χ3n) is 4.64. The second kappa shape index (κ2) is 7.77. The molecule has 0 saturated carbocycles. The van der Waals surface area contributed by atoms with Crippen molar-refractivity contribution in [3.05, 3.63) is 63.0 Å². The topological polar surface area (TPSA) is 97.0 Å². The van der Waals surface area contributed by atoms with Crippen LogP contribution in [0, 0.1) is 13.8 Å². The van der Waals surface area contributed by atoms with Crippen molar-refractivity contribution in [3.63, 3.8) is 0 Å². The average molecular weight is 420 g/mol. The van der Waals surface area contributed by atoms with Gasteiger partial charge in [-0.1, -0.05) is 0 Å². The molecule has 1 aromatic carbocycles. The Hall–Kier alpha value is -3.43. The average Bonchev–Trinajstić information content (AvgIpc) is 2.67. The van der Waals surface area contributed by atoms with E-state index in [4.69, 9.17) is 0 Å². The zero-order valence-electron chi connectivity index (χ0n) is 16.6. The van der Waals surface area contributed by atoms with Crippen molar-refractivity contribution >= 4 is 22.6 Å². The van der Waals surface area contributed by atoms with Crippen molar-refractivity contribution in [2.75, 3.05) is 12.4 Å². The standard InChI is InChI=1S/C20H19F3N4O3/c1-9-5-16(19(29)30-4)24-8-17(9)25-10(2)12-6-13-15(7-14(12)20(21,22)23)26-11(3)27-18(13)28/h5-8,10,25H,1-4H3,(H,26,27,28). The van der Waals surface area contributed by atoms with Gasteiger partial charge in [0.2, 0.25) is 0 Å². The van der Waals surface area contributed by atoms with Gasteiger partial charge in [0.05, 0.1) is 35.5 Å². The number of ether oxygens (including phenoxy) is 1. The molecular formula is C20H19F3N4O3. The lowest BCUT2D eigenvalue weighted by Crippen LogP contribution is -2.18. The predicted octanol–water partition coefficient (Wildman–Crippen LogP) is 3.91. The first-order chi connectivity index (χ1) is 14.0. The lowest BCUT2D eigenvalue weighted by atomic mass is 9.98. The SMILES string of the molecule is COC(=O)c1cc(C)c(NC(C)c2cc3c(=O)[nH]c(C)nc3cc2C(F)(F)F)cn1. The van der Waals surface area contributed by atoms with Crippen LogP contribution in [0.25, 0.3) is 10.9 Å². The molecule has 0 aliphatic rings. The smallest absolute Gasteiger partial charge is 0.416 e. The van der Waals surface area contributed by atoms with E-state index in [0.29, 0.717) is 11.3 Å². The van der Waals surface area contributed by atoms with Gasteiger partial charge in [-0.25, -0.2) is 14.8 Å². The number of aromatic amines is 1. The monoisotopic (exact) mass is 420 g/mol. The summed E-state index contributed by atoms with van der Waals surface area (Å²) in [5.74, 6) is -0.388. The van der Waals surface area contributed by atoms with Gasteiger partial charge in [0.15, 0.2) is 0 Å². The fourth-order valence-electron chi connectivity index (χ4n) is 3.16. The summed E-state index contributed by atoms with van der Waals surface area (Å²) in [5.41, 5.74) is -0.407.